The van der Waals surface area contributed by atoms with Gasteiger partial charge in [-0.1, -0.05) is 36.4 Å². The summed E-state index contributed by atoms with van der Waals surface area (Å²) in [6, 6.07) is 20.1. The first-order valence-corrected chi connectivity index (χ1v) is 6.22. The van der Waals surface area contributed by atoms with Gasteiger partial charge in [0.2, 0.25) is 0 Å². The lowest BCUT2D eigenvalue weighted by atomic mass is 9.98. The van der Waals surface area contributed by atoms with E-state index in [-0.39, 0.29) is 5.92 Å². The summed E-state index contributed by atoms with van der Waals surface area (Å²) in [6.45, 7) is 1.93. The van der Waals surface area contributed by atoms with Crippen molar-refractivity contribution >= 4 is 0 Å². The van der Waals surface area contributed by atoms with Crippen LogP contribution in [-0.2, 0) is 6.42 Å². The highest BCUT2D eigenvalue weighted by atomic mass is 14.3. The summed E-state index contributed by atoms with van der Waals surface area (Å²) in [6.07, 6.45) is 0.782. The van der Waals surface area contributed by atoms with Crippen molar-refractivity contribution in [3.63, 3.8) is 0 Å². The molecule has 19 heavy (non-hydrogen) atoms. The van der Waals surface area contributed by atoms with Crippen molar-refractivity contribution in [1.29, 1.82) is 10.5 Å². The van der Waals surface area contributed by atoms with Gasteiger partial charge in [0, 0.05) is 5.92 Å². The molecule has 92 valence electrons. The van der Waals surface area contributed by atoms with Crippen LogP contribution in [0.2, 0.25) is 0 Å². The van der Waals surface area contributed by atoms with Crippen molar-refractivity contribution in [3.8, 4) is 23.3 Å². The largest absolute Gasteiger partial charge is 0.198 e. The third-order valence-corrected chi connectivity index (χ3v) is 3.06. The molecule has 0 fully saturated rings. The van der Waals surface area contributed by atoms with Crippen LogP contribution in [0.1, 0.15) is 18.1 Å². The Balaban J connectivity index is 2.18. The lowest BCUT2D eigenvalue weighted by molar-refractivity contribution is 0.739. The second kappa shape index (κ2) is 5.85. The van der Waals surface area contributed by atoms with Gasteiger partial charge < -0.3 is 0 Å². The monoisotopic (exact) mass is 246 g/mol. The Hall–Kier alpha value is -2.58. The topological polar surface area (TPSA) is 47.6 Å². The summed E-state index contributed by atoms with van der Waals surface area (Å²) in [5, 5.41) is 17.6. The molecular weight excluding hydrogens is 232 g/mol. The molecule has 0 N–H and O–H groups in total. The van der Waals surface area contributed by atoms with Crippen LogP contribution in [0.5, 0.6) is 0 Å². The highest BCUT2D eigenvalue weighted by molar-refractivity contribution is 5.64. The van der Waals surface area contributed by atoms with Crippen molar-refractivity contribution in [2.24, 2.45) is 5.92 Å². The molecule has 0 heterocycles. The van der Waals surface area contributed by atoms with Gasteiger partial charge in [0.1, 0.15) is 0 Å². The van der Waals surface area contributed by atoms with Gasteiger partial charge in [0.15, 0.2) is 0 Å². The third-order valence-electron chi connectivity index (χ3n) is 3.06. The van der Waals surface area contributed by atoms with Gasteiger partial charge in [0.25, 0.3) is 0 Å². The van der Waals surface area contributed by atoms with Crippen LogP contribution in [0.25, 0.3) is 11.1 Å². The molecule has 0 aliphatic heterocycles. The summed E-state index contributed by atoms with van der Waals surface area (Å²) in [7, 11) is 0. The average molecular weight is 246 g/mol. The molecule has 0 aliphatic carbocycles. The molecule has 0 saturated heterocycles. The molecule has 0 aliphatic rings. The molecule has 0 saturated carbocycles. The zero-order valence-corrected chi connectivity index (χ0v) is 10.8. The standard InChI is InChI=1S/C17H14N2/c1-13(11-18)10-14-2-6-16(7-3-14)17-8-4-15(12-19)5-9-17/h2-9,13H,10H2,1H3/t13-/m0/s1. The highest BCUT2D eigenvalue weighted by Gasteiger charge is 2.03. The number of nitriles is 2. The molecule has 0 radical (unpaired) electrons. The molecule has 2 aromatic rings. The first-order valence-electron chi connectivity index (χ1n) is 6.22. The van der Waals surface area contributed by atoms with E-state index in [2.05, 4.69) is 36.4 Å². The first-order chi connectivity index (χ1) is 9.22. The summed E-state index contributed by atoms with van der Waals surface area (Å²) in [5.74, 6) is 0.0424. The van der Waals surface area contributed by atoms with E-state index in [1.165, 1.54) is 5.56 Å². The van der Waals surface area contributed by atoms with Crippen LogP contribution < -0.4 is 0 Å². The zero-order chi connectivity index (χ0) is 13.7. The quantitative estimate of drug-likeness (QED) is 0.823. The number of hydrogen-bond donors (Lipinski definition) is 0. The van der Waals surface area contributed by atoms with E-state index in [0.717, 1.165) is 17.5 Å². The second-order valence-corrected chi connectivity index (χ2v) is 4.62. The Morgan fingerprint density at radius 3 is 1.89 bits per heavy atom. The van der Waals surface area contributed by atoms with Crippen molar-refractivity contribution < 1.29 is 0 Å². The van der Waals surface area contributed by atoms with E-state index in [1.807, 2.05) is 31.2 Å². The maximum atomic E-state index is 8.80. The molecule has 0 amide bonds. The van der Waals surface area contributed by atoms with Gasteiger partial charge >= 0.3 is 0 Å². The Morgan fingerprint density at radius 1 is 0.895 bits per heavy atom. The number of rotatable bonds is 3. The van der Waals surface area contributed by atoms with Crippen LogP contribution >= 0.6 is 0 Å². The molecular formula is C17H14N2. The molecule has 1 atom stereocenters. The van der Waals surface area contributed by atoms with Crippen molar-refractivity contribution in [2.75, 3.05) is 0 Å². The molecule has 2 rings (SSSR count). The predicted molar refractivity (Wildman–Crippen MR) is 75.1 cm³/mol. The fraction of sp³-hybridized carbons (Fsp3) is 0.176. The van der Waals surface area contributed by atoms with Gasteiger partial charge in [0.05, 0.1) is 17.7 Å². The van der Waals surface area contributed by atoms with Crippen LogP contribution in [-0.4, -0.2) is 0 Å². The maximum absolute atomic E-state index is 8.80. The third kappa shape index (κ3) is 3.21. The van der Waals surface area contributed by atoms with Crippen molar-refractivity contribution in [1.82, 2.24) is 0 Å². The highest BCUT2D eigenvalue weighted by Crippen LogP contribution is 2.21. The Bertz CT molecular complexity index is 625. The number of nitrogens with zero attached hydrogens (tertiary/aromatic N) is 2. The van der Waals surface area contributed by atoms with E-state index >= 15 is 0 Å². The lowest BCUT2D eigenvalue weighted by Crippen LogP contribution is -1.95. The SMILES string of the molecule is C[C@H](C#N)Cc1ccc(-c2ccc(C#N)cc2)cc1. The Kier molecular flexibility index (Phi) is 3.96. The van der Waals surface area contributed by atoms with Crippen molar-refractivity contribution in [3.05, 3.63) is 59.7 Å². The van der Waals surface area contributed by atoms with Crippen LogP contribution in [0.15, 0.2) is 48.5 Å². The van der Waals surface area contributed by atoms with Gasteiger partial charge in [-0.05, 0) is 42.2 Å². The smallest absolute Gasteiger partial charge is 0.0991 e. The van der Waals surface area contributed by atoms with Gasteiger partial charge in [-0.3, -0.25) is 0 Å². The summed E-state index contributed by atoms with van der Waals surface area (Å²) in [4.78, 5) is 0. The molecule has 0 bridgehead atoms. The second-order valence-electron chi connectivity index (χ2n) is 4.62. The summed E-state index contributed by atoms with van der Waals surface area (Å²) in [5.41, 5.74) is 4.06. The first kappa shape index (κ1) is 12.9. The molecule has 0 aromatic heterocycles. The number of hydrogen-bond acceptors (Lipinski definition) is 2. The maximum Gasteiger partial charge on any atom is 0.0991 e. The molecule has 2 nitrogen and oxygen atoms in total. The van der Waals surface area contributed by atoms with E-state index < -0.39 is 0 Å². The minimum atomic E-state index is 0.0424. The van der Waals surface area contributed by atoms with E-state index in [0.29, 0.717) is 5.56 Å². The van der Waals surface area contributed by atoms with Crippen molar-refractivity contribution in [2.45, 2.75) is 13.3 Å². The average Bonchev–Trinajstić information content (AvgIpc) is 2.48. The molecule has 2 heteroatoms. The Morgan fingerprint density at radius 2 is 1.42 bits per heavy atom. The predicted octanol–water partition coefficient (Wildman–Crippen LogP) is 3.93. The van der Waals surface area contributed by atoms with Crippen LogP contribution in [0.3, 0.4) is 0 Å². The molecule has 0 unspecified atom stereocenters. The van der Waals surface area contributed by atoms with Crippen LogP contribution in [0, 0.1) is 28.6 Å². The van der Waals surface area contributed by atoms with E-state index in [9.17, 15) is 0 Å². The Labute approximate surface area is 113 Å². The van der Waals surface area contributed by atoms with Gasteiger partial charge in [-0.2, -0.15) is 10.5 Å². The minimum Gasteiger partial charge on any atom is -0.198 e. The summed E-state index contributed by atoms with van der Waals surface area (Å²) < 4.78 is 0. The normalized spacial score (nSPS) is 11.3. The van der Waals surface area contributed by atoms with Crippen LogP contribution in [0.4, 0.5) is 0 Å². The van der Waals surface area contributed by atoms with E-state index in [1.54, 1.807) is 0 Å². The fourth-order valence-electron chi connectivity index (χ4n) is 1.97. The zero-order valence-electron chi connectivity index (χ0n) is 10.8. The molecule has 0 spiro atoms. The minimum absolute atomic E-state index is 0.0424. The van der Waals surface area contributed by atoms with Gasteiger partial charge in [-0.25, -0.2) is 0 Å². The van der Waals surface area contributed by atoms with Gasteiger partial charge in [-0.15, -0.1) is 0 Å². The van der Waals surface area contributed by atoms with E-state index in [4.69, 9.17) is 10.5 Å². The number of benzene rings is 2. The summed E-state index contributed by atoms with van der Waals surface area (Å²) >= 11 is 0. The lowest BCUT2D eigenvalue weighted by Gasteiger charge is -2.05. The molecule has 2 aromatic carbocycles. The fourth-order valence-corrected chi connectivity index (χ4v) is 1.97.